The number of nitrogens with zero attached hydrogens (tertiary/aromatic N) is 3. The van der Waals surface area contributed by atoms with E-state index in [0.717, 1.165) is 5.69 Å². The van der Waals surface area contributed by atoms with Crippen LogP contribution in [0.5, 0.6) is 0 Å². The van der Waals surface area contributed by atoms with E-state index in [1.807, 2.05) is 36.0 Å². The van der Waals surface area contributed by atoms with Crippen LogP contribution in [0.15, 0.2) is 65.1 Å². The Morgan fingerprint density at radius 2 is 2.15 bits per heavy atom. The third kappa shape index (κ3) is 3.62. The molecule has 3 rings (SSSR count). The number of carbonyl (C=O) groups is 2. The molecule has 0 unspecified atom stereocenters. The Labute approximate surface area is 155 Å². The summed E-state index contributed by atoms with van der Waals surface area (Å²) in [6.45, 7) is 4.02. The van der Waals surface area contributed by atoms with E-state index >= 15 is 0 Å². The first-order chi connectivity index (χ1) is 12.5. The Morgan fingerprint density at radius 3 is 2.81 bits per heavy atom. The predicted molar refractivity (Wildman–Crippen MR) is 103 cm³/mol. The second kappa shape index (κ2) is 7.45. The van der Waals surface area contributed by atoms with E-state index in [1.165, 1.54) is 28.8 Å². The van der Waals surface area contributed by atoms with E-state index in [0.29, 0.717) is 22.3 Å². The van der Waals surface area contributed by atoms with Gasteiger partial charge in [0.05, 0.1) is 16.2 Å². The van der Waals surface area contributed by atoms with Gasteiger partial charge in [-0.25, -0.2) is 9.79 Å². The highest BCUT2D eigenvalue weighted by molar-refractivity contribution is 8.18. The molecule has 1 aliphatic heterocycles. The van der Waals surface area contributed by atoms with Crippen LogP contribution < -0.4 is 0 Å². The largest absolute Gasteiger partial charge is 0.478 e. The van der Waals surface area contributed by atoms with Crippen molar-refractivity contribution in [2.24, 2.45) is 12.0 Å². The highest BCUT2D eigenvalue weighted by Gasteiger charge is 2.32. The predicted octanol–water partition coefficient (Wildman–Crippen LogP) is 3.51. The van der Waals surface area contributed by atoms with Crippen molar-refractivity contribution in [3.63, 3.8) is 0 Å². The van der Waals surface area contributed by atoms with Crippen molar-refractivity contribution < 1.29 is 14.7 Å². The summed E-state index contributed by atoms with van der Waals surface area (Å²) in [6, 6.07) is 10.1. The Kier molecular flexibility index (Phi) is 5.09. The van der Waals surface area contributed by atoms with Gasteiger partial charge in [0.1, 0.15) is 0 Å². The second-order valence-corrected chi connectivity index (χ2v) is 6.62. The first-order valence-electron chi connectivity index (χ1n) is 7.85. The molecule has 132 valence electrons. The summed E-state index contributed by atoms with van der Waals surface area (Å²) in [5.41, 5.74) is 1.54. The van der Waals surface area contributed by atoms with Crippen LogP contribution in [0.1, 0.15) is 16.1 Å². The lowest BCUT2D eigenvalue weighted by Crippen LogP contribution is -2.29. The molecule has 0 bridgehead atoms. The van der Waals surface area contributed by atoms with Crippen LogP contribution >= 0.6 is 11.8 Å². The molecule has 1 aliphatic rings. The summed E-state index contributed by atoms with van der Waals surface area (Å²) in [4.78, 5) is 30.4. The standard InChI is InChI=1S/C19H17N3O3S/c1-3-9-22-17(23)16(12-15-8-5-10-21(15)2)26-19(22)20-14-7-4-6-13(11-14)18(24)25/h3-8,10-12H,1,9H2,2H3,(H,24,25)/b16-12+,20-19?. The first-order valence-corrected chi connectivity index (χ1v) is 8.67. The van der Waals surface area contributed by atoms with E-state index in [4.69, 9.17) is 5.11 Å². The normalized spacial score (nSPS) is 17.3. The maximum absolute atomic E-state index is 12.7. The molecule has 0 spiro atoms. The van der Waals surface area contributed by atoms with Crippen molar-refractivity contribution in [2.75, 3.05) is 6.54 Å². The van der Waals surface area contributed by atoms with Gasteiger partial charge in [-0.15, -0.1) is 6.58 Å². The van der Waals surface area contributed by atoms with Crippen molar-refractivity contribution >= 4 is 40.6 Å². The fourth-order valence-electron chi connectivity index (χ4n) is 2.46. The molecule has 1 aromatic carbocycles. The lowest BCUT2D eigenvalue weighted by Gasteiger charge is -2.12. The topological polar surface area (TPSA) is 74.9 Å². The van der Waals surface area contributed by atoms with Gasteiger partial charge in [0.25, 0.3) is 5.91 Å². The fourth-order valence-corrected chi connectivity index (χ4v) is 3.45. The van der Waals surface area contributed by atoms with Gasteiger partial charge < -0.3 is 9.67 Å². The molecule has 1 N–H and O–H groups in total. The summed E-state index contributed by atoms with van der Waals surface area (Å²) >= 11 is 1.26. The number of aromatic carboxylic acids is 1. The number of aromatic nitrogens is 1. The molecule has 1 aromatic heterocycles. The van der Waals surface area contributed by atoms with Crippen LogP contribution in [0.2, 0.25) is 0 Å². The van der Waals surface area contributed by atoms with Gasteiger partial charge in [-0.3, -0.25) is 9.69 Å². The number of hydrogen-bond acceptors (Lipinski definition) is 4. The number of carbonyl (C=O) groups excluding carboxylic acids is 1. The summed E-state index contributed by atoms with van der Waals surface area (Å²) in [5, 5.41) is 9.62. The number of carboxylic acids is 1. The van der Waals surface area contributed by atoms with Crippen LogP contribution in [-0.2, 0) is 11.8 Å². The SMILES string of the molecule is C=CCN1C(=O)/C(=C\c2cccn2C)SC1=Nc1cccc(C(=O)O)c1. The van der Waals surface area contributed by atoms with Crippen molar-refractivity contribution in [2.45, 2.75) is 0 Å². The van der Waals surface area contributed by atoms with E-state index < -0.39 is 5.97 Å². The Hall–Kier alpha value is -3.06. The minimum absolute atomic E-state index is 0.149. The Morgan fingerprint density at radius 1 is 1.35 bits per heavy atom. The number of aryl methyl sites for hydroxylation is 1. The highest BCUT2D eigenvalue weighted by atomic mass is 32.2. The van der Waals surface area contributed by atoms with Crippen LogP contribution in [-0.4, -0.2) is 38.2 Å². The molecule has 0 aliphatic carbocycles. The minimum atomic E-state index is -1.02. The smallest absolute Gasteiger partial charge is 0.335 e. The zero-order valence-corrected chi connectivity index (χ0v) is 14.9. The van der Waals surface area contributed by atoms with Crippen molar-refractivity contribution in [1.82, 2.24) is 9.47 Å². The Balaban J connectivity index is 1.97. The van der Waals surface area contributed by atoms with E-state index in [2.05, 4.69) is 11.6 Å². The number of amides is 1. The summed E-state index contributed by atoms with van der Waals surface area (Å²) in [6.07, 6.45) is 5.36. The van der Waals surface area contributed by atoms with Gasteiger partial charge in [-0.05, 0) is 48.2 Å². The summed E-state index contributed by atoms with van der Waals surface area (Å²) < 4.78 is 1.92. The molecule has 1 amide bonds. The van der Waals surface area contributed by atoms with Crippen LogP contribution in [0.25, 0.3) is 6.08 Å². The van der Waals surface area contributed by atoms with E-state index in [9.17, 15) is 9.59 Å². The highest BCUT2D eigenvalue weighted by Crippen LogP contribution is 2.34. The molecule has 1 saturated heterocycles. The molecular weight excluding hydrogens is 350 g/mol. The molecule has 6 nitrogen and oxygen atoms in total. The van der Waals surface area contributed by atoms with Crippen LogP contribution in [0.4, 0.5) is 5.69 Å². The average Bonchev–Trinajstić information content (AvgIpc) is 3.14. The molecule has 0 radical (unpaired) electrons. The summed E-state index contributed by atoms with van der Waals surface area (Å²) in [5.74, 6) is -1.17. The first kappa shape index (κ1) is 17.8. The number of aliphatic imine (C=N–C) groups is 1. The van der Waals surface area contributed by atoms with Crippen molar-refractivity contribution in [1.29, 1.82) is 0 Å². The van der Waals surface area contributed by atoms with Gasteiger partial charge in [-0.2, -0.15) is 0 Å². The number of amidine groups is 1. The molecular formula is C19H17N3O3S. The second-order valence-electron chi connectivity index (χ2n) is 5.61. The number of carboxylic acid groups (broad SMARTS) is 1. The number of thioether (sulfide) groups is 1. The number of benzene rings is 1. The number of hydrogen-bond donors (Lipinski definition) is 1. The monoisotopic (exact) mass is 367 g/mol. The molecule has 2 aromatic rings. The van der Waals surface area contributed by atoms with Crippen LogP contribution in [0, 0.1) is 0 Å². The van der Waals surface area contributed by atoms with Crippen molar-refractivity contribution in [3.05, 3.63) is 71.4 Å². The quantitative estimate of drug-likeness (QED) is 0.648. The third-order valence-corrected chi connectivity index (χ3v) is 4.79. The minimum Gasteiger partial charge on any atom is -0.478 e. The molecule has 0 atom stereocenters. The van der Waals surface area contributed by atoms with Gasteiger partial charge in [-0.1, -0.05) is 12.1 Å². The lowest BCUT2D eigenvalue weighted by atomic mass is 10.2. The lowest BCUT2D eigenvalue weighted by molar-refractivity contribution is -0.121. The molecule has 26 heavy (non-hydrogen) atoms. The zero-order chi connectivity index (χ0) is 18.7. The maximum Gasteiger partial charge on any atom is 0.335 e. The molecule has 2 heterocycles. The van der Waals surface area contributed by atoms with E-state index in [-0.39, 0.29) is 11.5 Å². The van der Waals surface area contributed by atoms with Gasteiger partial charge in [0.15, 0.2) is 5.17 Å². The molecule has 0 saturated carbocycles. The van der Waals surface area contributed by atoms with Gasteiger partial charge >= 0.3 is 5.97 Å². The van der Waals surface area contributed by atoms with Gasteiger partial charge in [0.2, 0.25) is 0 Å². The van der Waals surface area contributed by atoms with Gasteiger partial charge in [0, 0.05) is 25.5 Å². The Bertz CT molecular complexity index is 943. The van der Waals surface area contributed by atoms with E-state index in [1.54, 1.807) is 18.2 Å². The molecule has 1 fully saturated rings. The maximum atomic E-state index is 12.7. The molecule has 7 heteroatoms. The third-order valence-electron chi connectivity index (χ3n) is 3.78. The number of rotatable bonds is 5. The average molecular weight is 367 g/mol. The zero-order valence-electron chi connectivity index (χ0n) is 14.1. The van der Waals surface area contributed by atoms with Crippen molar-refractivity contribution in [3.8, 4) is 0 Å². The summed E-state index contributed by atoms with van der Waals surface area (Å²) in [7, 11) is 1.91. The fraction of sp³-hybridized carbons (Fsp3) is 0.105. The van der Waals surface area contributed by atoms with Crippen LogP contribution in [0.3, 0.4) is 0 Å².